The second kappa shape index (κ2) is 6.03. The van der Waals surface area contributed by atoms with Crippen molar-refractivity contribution in [3.8, 4) is 0 Å². The second-order valence-electron chi connectivity index (χ2n) is 5.17. The van der Waals surface area contributed by atoms with Crippen LogP contribution >= 0.6 is 0 Å². The number of carbonyl (C=O) groups excluding carboxylic acids is 1. The fourth-order valence-corrected chi connectivity index (χ4v) is 2.41. The van der Waals surface area contributed by atoms with Crippen LogP contribution in [0.1, 0.15) is 34.4 Å². The summed E-state index contributed by atoms with van der Waals surface area (Å²) in [5.74, 6) is 0.0428. The highest BCUT2D eigenvalue weighted by molar-refractivity contribution is 5.94. The number of carbonyl (C=O) groups is 1. The van der Waals surface area contributed by atoms with Gasteiger partial charge in [0.25, 0.3) is 5.91 Å². The molecule has 0 spiro atoms. The van der Waals surface area contributed by atoms with Crippen LogP contribution in [0.15, 0.2) is 41.1 Å². The van der Waals surface area contributed by atoms with E-state index in [9.17, 15) is 18.0 Å². The third kappa shape index (κ3) is 2.99. The number of aryl methyl sites for hydroxylation is 1. The quantitative estimate of drug-likeness (QED) is 0.793. The third-order valence-electron chi connectivity index (χ3n) is 3.57. The van der Waals surface area contributed by atoms with Gasteiger partial charge >= 0.3 is 6.18 Å². The molecule has 8 heteroatoms. The number of hydrogen-bond donors (Lipinski definition) is 1. The standard InChI is InChI=1S/C16H14F3N3O2/c1-2-12-14(15(23)20-8-11-4-3-7-24-11)22-9-10(16(17,18)19)5-6-13(22)21-12/h3-7,9H,2,8H2,1H3,(H,20,23). The Kier molecular flexibility index (Phi) is 4.04. The number of rotatable bonds is 4. The summed E-state index contributed by atoms with van der Waals surface area (Å²) in [4.78, 5) is 16.7. The molecule has 5 nitrogen and oxygen atoms in total. The second-order valence-corrected chi connectivity index (χ2v) is 5.17. The molecule has 3 rings (SSSR count). The number of alkyl halides is 3. The Morgan fingerprint density at radius 3 is 2.75 bits per heavy atom. The first-order chi connectivity index (χ1) is 11.4. The predicted molar refractivity (Wildman–Crippen MR) is 79.5 cm³/mol. The van der Waals surface area contributed by atoms with Gasteiger partial charge in [-0.3, -0.25) is 9.20 Å². The number of pyridine rings is 1. The first kappa shape index (κ1) is 16.1. The fourth-order valence-electron chi connectivity index (χ4n) is 2.41. The lowest BCUT2D eigenvalue weighted by molar-refractivity contribution is -0.137. The molecule has 0 aliphatic rings. The first-order valence-electron chi connectivity index (χ1n) is 7.29. The van der Waals surface area contributed by atoms with E-state index in [4.69, 9.17) is 4.42 Å². The number of aromatic nitrogens is 2. The molecule has 1 amide bonds. The summed E-state index contributed by atoms with van der Waals surface area (Å²) in [7, 11) is 0. The van der Waals surface area contributed by atoms with E-state index in [-0.39, 0.29) is 12.2 Å². The molecule has 126 valence electrons. The van der Waals surface area contributed by atoms with Crippen LogP contribution in [0.25, 0.3) is 5.65 Å². The lowest BCUT2D eigenvalue weighted by Crippen LogP contribution is -2.25. The van der Waals surface area contributed by atoms with Crippen LogP contribution in [0.4, 0.5) is 13.2 Å². The van der Waals surface area contributed by atoms with E-state index in [0.717, 1.165) is 12.3 Å². The monoisotopic (exact) mass is 337 g/mol. The van der Waals surface area contributed by atoms with Crippen molar-refractivity contribution in [3.05, 3.63) is 59.4 Å². The smallest absolute Gasteiger partial charge is 0.417 e. The van der Waals surface area contributed by atoms with Crippen molar-refractivity contribution in [1.82, 2.24) is 14.7 Å². The molecule has 3 heterocycles. The summed E-state index contributed by atoms with van der Waals surface area (Å²) >= 11 is 0. The van der Waals surface area contributed by atoms with Gasteiger partial charge in [0, 0.05) is 6.20 Å². The van der Waals surface area contributed by atoms with Crippen molar-refractivity contribution in [2.75, 3.05) is 0 Å². The minimum atomic E-state index is -4.49. The molecule has 3 aromatic rings. The van der Waals surface area contributed by atoms with Crippen LogP contribution < -0.4 is 5.32 Å². The molecule has 0 unspecified atom stereocenters. The molecular weight excluding hydrogens is 323 g/mol. The van der Waals surface area contributed by atoms with Gasteiger partial charge in [-0.25, -0.2) is 4.98 Å². The number of nitrogens with zero attached hydrogens (tertiary/aromatic N) is 2. The zero-order chi connectivity index (χ0) is 17.3. The van der Waals surface area contributed by atoms with Crippen molar-refractivity contribution in [1.29, 1.82) is 0 Å². The van der Waals surface area contributed by atoms with Gasteiger partial charge in [-0.15, -0.1) is 0 Å². The van der Waals surface area contributed by atoms with Gasteiger partial charge < -0.3 is 9.73 Å². The summed E-state index contributed by atoms with van der Waals surface area (Å²) in [6.07, 6.45) is -1.70. The zero-order valence-corrected chi connectivity index (χ0v) is 12.7. The number of amides is 1. The third-order valence-corrected chi connectivity index (χ3v) is 3.57. The topological polar surface area (TPSA) is 59.5 Å². The van der Waals surface area contributed by atoms with E-state index in [2.05, 4.69) is 10.3 Å². The van der Waals surface area contributed by atoms with Gasteiger partial charge in [0.1, 0.15) is 17.1 Å². The highest BCUT2D eigenvalue weighted by Gasteiger charge is 2.31. The van der Waals surface area contributed by atoms with Crippen molar-refractivity contribution < 1.29 is 22.4 Å². The summed E-state index contributed by atoms with van der Waals surface area (Å²) < 4.78 is 45.1. The van der Waals surface area contributed by atoms with E-state index in [1.165, 1.54) is 16.7 Å². The van der Waals surface area contributed by atoms with E-state index in [1.807, 2.05) is 0 Å². The van der Waals surface area contributed by atoms with Gasteiger partial charge in [-0.2, -0.15) is 13.2 Å². The molecule has 24 heavy (non-hydrogen) atoms. The summed E-state index contributed by atoms with van der Waals surface area (Å²) in [6, 6.07) is 5.58. The Morgan fingerprint density at radius 1 is 1.33 bits per heavy atom. The van der Waals surface area contributed by atoms with Gasteiger partial charge in [0.2, 0.25) is 0 Å². The highest BCUT2D eigenvalue weighted by atomic mass is 19.4. The number of furan rings is 1. The Balaban J connectivity index is 1.99. The Hall–Kier alpha value is -2.77. The van der Waals surface area contributed by atoms with E-state index >= 15 is 0 Å². The summed E-state index contributed by atoms with van der Waals surface area (Å²) in [5, 5.41) is 2.64. The molecular formula is C16H14F3N3O2. The van der Waals surface area contributed by atoms with Crippen LogP contribution in [0.2, 0.25) is 0 Å². The highest BCUT2D eigenvalue weighted by Crippen LogP contribution is 2.30. The van der Waals surface area contributed by atoms with Crippen LogP contribution in [0, 0.1) is 0 Å². The predicted octanol–water partition coefficient (Wildman–Crippen LogP) is 3.44. The molecule has 0 radical (unpaired) electrons. The molecule has 0 fully saturated rings. The maximum Gasteiger partial charge on any atom is 0.417 e. The molecule has 0 saturated carbocycles. The Bertz CT molecular complexity index is 867. The molecule has 0 aliphatic heterocycles. The SMILES string of the molecule is CCc1nc2ccc(C(F)(F)F)cn2c1C(=O)NCc1ccco1. The lowest BCUT2D eigenvalue weighted by Gasteiger charge is -2.09. The van der Waals surface area contributed by atoms with Gasteiger partial charge in [-0.05, 0) is 30.7 Å². The average molecular weight is 337 g/mol. The van der Waals surface area contributed by atoms with Crippen molar-refractivity contribution >= 4 is 11.6 Å². The van der Waals surface area contributed by atoms with Crippen molar-refractivity contribution in [2.24, 2.45) is 0 Å². The minimum absolute atomic E-state index is 0.102. The van der Waals surface area contributed by atoms with Crippen molar-refractivity contribution in [2.45, 2.75) is 26.1 Å². The maximum atomic E-state index is 12.9. The van der Waals surface area contributed by atoms with Crippen LogP contribution in [-0.2, 0) is 19.1 Å². The van der Waals surface area contributed by atoms with E-state index in [0.29, 0.717) is 23.5 Å². The number of fused-ring (bicyclic) bond motifs is 1. The lowest BCUT2D eigenvalue weighted by atomic mass is 10.2. The Morgan fingerprint density at radius 2 is 2.12 bits per heavy atom. The van der Waals surface area contributed by atoms with Crippen LogP contribution in [0.3, 0.4) is 0 Å². The van der Waals surface area contributed by atoms with Gasteiger partial charge in [-0.1, -0.05) is 6.92 Å². The average Bonchev–Trinajstić information content (AvgIpc) is 3.17. The fraction of sp³-hybridized carbons (Fsp3) is 0.250. The number of hydrogen-bond acceptors (Lipinski definition) is 3. The normalized spacial score (nSPS) is 11.8. The number of halogens is 3. The van der Waals surface area contributed by atoms with Crippen LogP contribution in [0.5, 0.6) is 0 Å². The molecule has 0 bridgehead atoms. The van der Waals surface area contributed by atoms with Crippen LogP contribution in [-0.4, -0.2) is 15.3 Å². The molecule has 0 aliphatic carbocycles. The van der Waals surface area contributed by atoms with Gasteiger partial charge in [0.15, 0.2) is 0 Å². The number of nitrogens with one attached hydrogen (secondary N) is 1. The molecule has 1 N–H and O–H groups in total. The Labute approximate surface area is 135 Å². The largest absolute Gasteiger partial charge is 0.467 e. The molecule has 3 aromatic heterocycles. The summed E-state index contributed by atoms with van der Waals surface area (Å²) in [5.41, 5.74) is -0.00504. The van der Waals surface area contributed by atoms with Crippen molar-refractivity contribution in [3.63, 3.8) is 0 Å². The van der Waals surface area contributed by atoms with E-state index in [1.54, 1.807) is 19.1 Å². The first-order valence-corrected chi connectivity index (χ1v) is 7.29. The van der Waals surface area contributed by atoms with E-state index < -0.39 is 17.6 Å². The molecule has 0 saturated heterocycles. The minimum Gasteiger partial charge on any atom is -0.467 e. The summed E-state index contributed by atoms with van der Waals surface area (Å²) in [6.45, 7) is 1.93. The molecule has 0 aromatic carbocycles. The van der Waals surface area contributed by atoms with Gasteiger partial charge in [0.05, 0.1) is 24.1 Å². The molecule has 0 atom stereocenters. The zero-order valence-electron chi connectivity index (χ0n) is 12.7. The maximum absolute atomic E-state index is 12.9. The number of imidazole rings is 1.